The fourth-order valence-corrected chi connectivity index (χ4v) is 3.01. The van der Waals surface area contributed by atoms with Crippen molar-refractivity contribution in [3.8, 4) is 17.6 Å². The molecule has 114 valence electrons. The van der Waals surface area contributed by atoms with Gasteiger partial charge in [0.15, 0.2) is 23.3 Å². The van der Waals surface area contributed by atoms with Gasteiger partial charge in [-0.05, 0) is 58.4 Å². The third kappa shape index (κ3) is 3.81. The number of ether oxygens (including phenoxy) is 2. The van der Waals surface area contributed by atoms with Gasteiger partial charge in [-0.1, -0.05) is 0 Å². The maximum Gasteiger partial charge on any atom is 0.286 e. The zero-order valence-electron chi connectivity index (χ0n) is 11.6. The lowest BCUT2D eigenvalue weighted by Crippen LogP contribution is -2.01. The molecule has 0 aromatic heterocycles. The van der Waals surface area contributed by atoms with Crippen molar-refractivity contribution in [2.24, 2.45) is 10.7 Å². The summed E-state index contributed by atoms with van der Waals surface area (Å²) in [5.41, 5.74) is 6.26. The largest absolute Gasteiger partial charge is 0.490 e. The first-order valence-electron chi connectivity index (χ1n) is 6.29. The molecule has 1 heterocycles. The van der Waals surface area contributed by atoms with Crippen LogP contribution in [0.15, 0.2) is 26.5 Å². The van der Waals surface area contributed by atoms with Crippen LogP contribution in [0, 0.1) is 11.3 Å². The minimum absolute atomic E-state index is 0.0855. The van der Waals surface area contributed by atoms with Gasteiger partial charge in [0.2, 0.25) is 0 Å². The van der Waals surface area contributed by atoms with Crippen molar-refractivity contribution in [1.29, 1.82) is 5.26 Å². The molecule has 0 radical (unpaired) electrons. The van der Waals surface area contributed by atoms with Gasteiger partial charge in [-0.2, -0.15) is 10.3 Å². The first-order chi connectivity index (χ1) is 10.5. The van der Waals surface area contributed by atoms with E-state index >= 15 is 0 Å². The molecule has 6 nitrogen and oxygen atoms in total. The number of amidine groups is 1. The standard InChI is InChI=1S/C14H12BrN3O3S/c1-2-20-10-6-8(5-9(15)12(10)21-4-3-16)7-11-13(19)18-14(17)22-11/h5-7H,2,4H2,1H3,(H2,17,18,19)/b11-7-. The van der Waals surface area contributed by atoms with Gasteiger partial charge in [-0.3, -0.25) is 4.79 Å². The fraction of sp³-hybridized carbons (Fsp3) is 0.214. The molecule has 1 aromatic carbocycles. The number of amides is 1. The number of carbonyl (C=O) groups is 1. The fourth-order valence-electron chi connectivity index (χ4n) is 1.76. The van der Waals surface area contributed by atoms with Crippen LogP contribution in [0.3, 0.4) is 0 Å². The second-order valence-corrected chi connectivity index (χ2v) is 5.99. The number of aliphatic imine (C=N–C) groups is 1. The van der Waals surface area contributed by atoms with Crippen LogP contribution in [0.25, 0.3) is 6.08 Å². The Morgan fingerprint density at radius 3 is 2.86 bits per heavy atom. The Bertz CT molecular complexity index is 710. The Morgan fingerprint density at radius 1 is 1.50 bits per heavy atom. The lowest BCUT2D eigenvalue weighted by atomic mass is 10.2. The van der Waals surface area contributed by atoms with E-state index in [1.165, 1.54) is 0 Å². The third-order valence-electron chi connectivity index (χ3n) is 2.55. The Kier molecular flexibility index (Phi) is 5.46. The second kappa shape index (κ2) is 7.33. The summed E-state index contributed by atoms with van der Waals surface area (Å²) in [6, 6.07) is 5.41. The van der Waals surface area contributed by atoms with Crippen molar-refractivity contribution < 1.29 is 14.3 Å². The van der Waals surface area contributed by atoms with Crippen LogP contribution in [0.1, 0.15) is 12.5 Å². The van der Waals surface area contributed by atoms with E-state index < -0.39 is 0 Å². The van der Waals surface area contributed by atoms with Crippen LogP contribution in [-0.4, -0.2) is 24.3 Å². The van der Waals surface area contributed by atoms with Gasteiger partial charge in [0, 0.05) is 0 Å². The molecule has 2 N–H and O–H groups in total. The molecule has 0 saturated carbocycles. The Hall–Kier alpha value is -1.98. The van der Waals surface area contributed by atoms with E-state index in [0.29, 0.717) is 27.5 Å². The van der Waals surface area contributed by atoms with Crippen LogP contribution < -0.4 is 15.2 Å². The van der Waals surface area contributed by atoms with Crippen LogP contribution in [0.4, 0.5) is 0 Å². The summed E-state index contributed by atoms with van der Waals surface area (Å²) in [6.45, 7) is 2.20. The number of hydrogen-bond acceptors (Lipinski definition) is 6. The van der Waals surface area contributed by atoms with E-state index in [1.54, 1.807) is 18.2 Å². The molecule has 0 aliphatic carbocycles. The summed E-state index contributed by atoms with van der Waals surface area (Å²) in [7, 11) is 0. The molecular weight excluding hydrogens is 370 g/mol. The molecule has 8 heteroatoms. The molecule has 1 aliphatic rings. The van der Waals surface area contributed by atoms with Crippen LogP contribution in [0.2, 0.25) is 0 Å². The molecular formula is C14H12BrN3O3S. The van der Waals surface area contributed by atoms with Gasteiger partial charge < -0.3 is 15.2 Å². The molecule has 1 aromatic rings. The predicted molar refractivity (Wildman–Crippen MR) is 88.6 cm³/mol. The average molecular weight is 382 g/mol. The molecule has 1 amide bonds. The Balaban J connectivity index is 2.36. The first-order valence-corrected chi connectivity index (χ1v) is 7.90. The first kappa shape index (κ1) is 16.4. The Morgan fingerprint density at radius 2 is 2.27 bits per heavy atom. The lowest BCUT2D eigenvalue weighted by molar-refractivity contribution is -0.113. The van der Waals surface area contributed by atoms with E-state index in [-0.39, 0.29) is 17.7 Å². The number of rotatable bonds is 5. The highest BCUT2D eigenvalue weighted by molar-refractivity contribution is 9.10. The van der Waals surface area contributed by atoms with Gasteiger partial charge in [0.05, 0.1) is 16.0 Å². The zero-order chi connectivity index (χ0) is 16.1. The molecule has 0 atom stereocenters. The molecule has 1 aliphatic heterocycles. The van der Waals surface area contributed by atoms with E-state index in [1.807, 2.05) is 13.0 Å². The van der Waals surface area contributed by atoms with E-state index in [4.69, 9.17) is 20.5 Å². The summed E-state index contributed by atoms with van der Waals surface area (Å²) >= 11 is 4.51. The summed E-state index contributed by atoms with van der Waals surface area (Å²) in [5, 5.41) is 8.86. The smallest absolute Gasteiger partial charge is 0.286 e. The second-order valence-electron chi connectivity index (χ2n) is 4.08. The number of thioether (sulfide) groups is 1. The number of halogens is 1. The van der Waals surface area contributed by atoms with Crippen LogP contribution in [0.5, 0.6) is 11.5 Å². The molecule has 0 spiro atoms. The maximum absolute atomic E-state index is 11.6. The summed E-state index contributed by atoms with van der Waals surface area (Å²) in [6.07, 6.45) is 1.68. The zero-order valence-corrected chi connectivity index (χ0v) is 14.0. The molecule has 0 bridgehead atoms. The molecule has 0 saturated heterocycles. The predicted octanol–water partition coefficient (Wildman–Crippen LogP) is 2.68. The normalized spacial score (nSPS) is 15.6. The van der Waals surface area contributed by atoms with Gasteiger partial charge in [-0.25, -0.2) is 0 Å². The van der Waals surface area contributed by atoms with Gasteiger partial charge in [0.1, 0.15) is 6.07 Å². The molecule has 0 unspecified atom stereocenters. The maximum atomic E-state index is 11.6. The number of carbonyl (C=O) groups excluding carboxylic acids is 1. The lowest BCUT2D eigenvalue weighted by Gasteiger charge is -2.13. The van der Waals surface area contributed by atoms with Crippen molar-refractivity contribution in [1.82, 2.24) is 0 Å². The quantitative estimate of drug-likeness (QED) is 0.787. The minimum Gasteiger partial charge on any atom is -0.490 e. The topological polar surface area (TPSA) is 97.7 Å². The molecule has 22 heavy (non-hydrogen) atoms. The molecule has 2 rings (SSSR count). The minimum atomic E-state index is -0.360. The van der Waals surface area contributed by atoms with Crippen molar-refractivity contribution in [2.75, 3.05) is 13.2 Å². The van der Waals surface area contributed by atoms with E-state index in [0.717, 1.165) is 17.3 Å². The van der Waals surface area contributed by atoms with Crippen molar-refractivity contribution in [3.05, 3.63) is 27.1 Å². The summed E-state index contributed by atoms with van der Waals surface area (Å²) in [5.74, 6) is 0.580. The van der Waals surface area contributed by atoms with Crippen LogP contribution in [-0.2, 0) is 4.79 Å². The number of nitrogens with two attached hydrogens (primary N) is 1. The van der Waals surface area contributed by atoms with Crippen LogP contribution >= 0.6 is 27.7 Å². The number of benzene rings is 1. The summed E-state index contributed by atoms with van der Waals surface area (Å²) in [4.78, 5) is 15.7. The number of nitrogens with zero attached hydrogens (tertiary/aromatic N) is 2. The monoisotopic (exact) mass is 381 g/mol. The molecule has 0 fully saturated rings. The number of nitriles is 1. The van der Waals surface area contributed by atoms with Gasteiger partial charge >= 0.3 is 0 Å². The van der Waals surface area contributed by atoms with Crippen molar-refractivity contribution in [3.63, 3.8) is 0 Å². The average Bonchev–Trinajstić information content (AvgIpc) is 2.76. The third-order valence-corrected chi connectivity index (χ3v) is 3.95. The highest BCUT2D eigenvalue weighted by atomic mass is 79.9. The highest BCUT2D eigenvalue weighted by Crippen LogP contribution is 2.38. The van der Waals surface area contributed by atoms with Crippen molar-refractivity contribution in [2.45, 2.75) is 6.92 Å². The van der Waals surface area contributed by atoms with Gasteiger partial charge in [0.25, 0.3) is 5.91 Å². The van der Waals surface area contributed by atoms with Gasteiger partial charge in [-0.15, -0.1) is 0 Å². The van der Waals surface area contributed by atoms with Crippen molar-refractivity contribution >= 4 is 44.8 Å². The highest BCUT2D eigenvalue weighted by Gasteiger charge is 2.20. The summed E-state index contributed by atoms with van der Waals surface area (Å²) < 4.78 is 11.5. The van der Waals surface area contributed by atoms with E-state index in [2.05, 4.69) is 20.9 Å². The van der Waals surface area contributed by atoms with E-state index in [9.17, 15) is 4.79 Å². The Labute approximate surface area is 140 Å². The SMILES string of the molecule is CCOc1cc(/C=C2\SC(N)=NC2=O)cc(Br)c1OCC#N. The number of hydrogen-bond donors (Lipinski definition) is 1.